The number of hydrogen-bond acceptors (Lipinski definition) is 3. The Morgan fingerprint density at radius 3 is 2.14 bits per heavy atom. The lowest BCUT2D eigenvalue weighted by Crippen LogP contribution is -3.00. The van der Waals surface area contributed by atoms with Crippen molar-refractivity contribution in [2.45, 2.75) is 6.42 Å². The van der Waals surface area contributed by atoms with Gasteiger partial charge in [-0.15, -0.1) is 0 Å². The fourth-order valence-electron chi connectivity index (χ4n) is 1.02. The van der Waals surface area contributed by atoms with Gasteiger partial charge in [0, 0.05) is 13.5 Å². The molecule has 0 fully saturated rings. The van der Waals surface area contributed by atoms with Crippen molar-refractivity contribution >= 4 is 6.79 Å². The van der Waals surface area contributed by atoms with Crippen molar-refractivity contribution in [2.24, 2.45) is 0 Å². The first kappa shape index (κ1) is 19.4. The molecule has 0 aliphatic heterocycles. The Labute approximate surface area is 92.9 Å². The zero-order valence-electron chi connectivity index (χ0n) is 9.33. The average molecular weight is 228 g/mol. The third kappa shape index (κ3) is 14.4. The zero-order chi connectivity index (χ0) is 10.7. The van der Waals surface area contributed by atoms with Crippen LogP contribution in [0.2, 0.25) is 0 Å². The van der Waals surface area contributed by atoms with Gasteiger partial charge in [0.1, 0.15) is 13.3 Å². The standard InChI is InChI=1S/C8H20NO2.CH2O.ClH/c1-9(2,6-7-10)5-4-8-11-3;1-2;/h10H,4-8H2,1-3H3;1H2;1H/q+1;;/p-1. The Morgan fingerprint density at radius 2 is 1.79 bits per heavy atom. The largest absolute Gasteiger partial charge is 1.00 e. The van der Waals surface area contributed by atoms with Crippen LogP contribution in [-0.2, 0) is 9.53 Å². The molecule has 0 amide bonds. The summed E-state index contributed by atoms with van der Waals surface area (Å²) < 4.78 is 5.82. The van der Waals surface area contributed by atoms with E-state index in [4.69, 9.17) is 14.6 Å². The van der Waals surface area contributed by atoms with E-state index >= 15 is 0 Å². The van der Waals surface area contributed by atoms with Gasteiger partial charge in [0.15, 0.2) is 0 Å². The molecule has 0 unspecified atom stereocenters. The lowest BCUT2D eigenvalue weighted by molar-refractivity contribution is -0.890. The molecule has 0 aromatic rings. The molecule has 0 spiro atoms. The number of carbonyl (C=O) groups is 1. The maximum Gasteiger partial charge on any atom is 0.106 e. The molecule has 0 rings (SSSR count). The summed E-state index contributed by atoms with van der Waals surface area (Å²) in [7, 11) is 5.95. The number of aliphatic hydroxyl groups is 1. The lowest BCUT2D eigenvalue weighted by Gasteiger charge is -2.28. The SMILES string of the molecule is C=O.COCCC[N+](C)(C)CCO.[Cl-]. The van der Waals surface area contributed by atoms with Crippen molar-refractivity contribution in [3.8, 4) is 0 Å². The number of ether oxygens (including phenoxy) is 1. The Hall–Kier alpha value is -0.160. The number of halogens is 1. The van der Waals surface area contributed by atoms with E-state index in [0.29, 0.717) is 0 Å². The summed E-state index contributed by atoms with van der Waals surface area (Å²) in [5.74, 6) is 0. The smallest absolute Gasteiger partial charge is 0.106 e. The van der Waals surface area contributed by atoms with E-state index in [2.05, 4.69) is 14.1 Å². The molecule has 0 aliphatic rings. The van der Waals surface area contributed by atoms with Crippen molar-refractivity contribution in [1.29, 1.82) is 0 Å². The summed E-state index contributed by atoms with van der Waals surface area (Å²) in [6.45, 7) is 4.96. The van der Waals surface area contributed by atoms with Gasteiger partial charge in [-0.1, -0.05) is 0 Å². The monoisotopic (exact) mass is 227 g/mol. The van der Waals surface area contributed by atoms with Crippen LogP contribution in [0.15, 0.2) is 0 Å². The fourth-order valence-corrected chi connectivity index (χ4v) is 1.02. The molecule has 0 aliphatic carbocycles. The number of aliphatic hydroxyl groups excluding tert-OH is 1. The van der Waals surface area contributed by atoms with E-state index in [1.807, 2.05) is 6.79 Å². The molecule has 14 heavy (non-hydrogen) atoms. The van der Waals surface area contributed by atoms with Crippen LogP contribution in [0.1, 0.15) is 6.42 Å². The number of carbonyl (C=O) groups excluding carboxylic acids is 1. The van der Waals surface area contributed by atoms with Crippen LogP contribution >= 0.6 is 0 Å². The molecule has 0 bridgehead atoms. The van der Waals surface area contributed by atoms with Crippen molar-refractivity contribution in [3.63, 3.8) is 0 Å². The molecule has 0 atom stereocenters. The molecular weight excluding hydrogens is 206 g/mol. The zero-order valence-corrected chi connectivity index (χ0v) is 10.1. The Kier molecular flexibility index (Phi) is 17.8. The first-order valence-electron chi connectivity index (χ1n) is 4.33. The number of likely N-dealkylation sites (N-methyl/N-ethyl adjacent to an activating group) is 1. The van der Waals surface area contributed by atoms with E-state index in [9.17, 15) is 0 Å². The van der Waals surface area contributed by atoms with Crippen molar-refractivity contribution in [1.82, 2.24) is 0 Å². The van der Waals surface area contributed by atoms with Crippen LogP contribution in [0, 0.1) is 0 Å². The number of nitrogens with zero attached hydrogens (tertiary/aromatic N) is 1. The van der Waals surface area contributed by atoms with Gasteiger partial charge in [-0.3, -0.25) is 0 Å². The van der Waals surface area contributed by atoms with E-state index in [-0.39, 0.29) is 19.0 Å². The minimum atomic E-state index is 0. The van der Waals surface area contributed by atoms with Gasteiger partial charge < -0.3 is 31.5 Å². The van der Waals surface area contributed by atoms with Gasteiger partial charge in [0.05, 0.1) is 33.9 Å². The third-order valence-corrected chi connectivity index (χ3v) is 1.82. The summed E-state index contributed by atoms with van der Waals surface area (Å²) in [6.07, 6.45) is 1.06. The maximum absolute atomic E-state index is 8.71. The van der Waals surface area contributed by atoms with Gasteiger partial charge in [-0.2, -0.15) is 0 Å². The van der Waals surface area contributed by atoms with Crippen LogP contribution in [0.3, 0.4) is 0 Å². The molecule has 0 saturated carbocycles. The van der Waals surface area contributed by atoms with Gasteiger partial charge in [-0.05, 0) is 0 Å². The van der Waals surface area contributed by atoms with E-state index in [0.717, 1.165) is 30.6 Å². The minimum Gasteiger partial charge on any atom is -1.00 e. The van der Waals surface area contributed by atoms with Crippen LogP contribution in [-0.4, -0.2) is 63.9 Å². The van der Waals surface area contributed by atoms with E-state index in [1.165, 1.54) is 0 Å². The third-order valence-electron chi connectivity index (χ3n) is 1.82. The van der Waals surface area contributed by atoms with Crippen LogP contribution < -0.4 is 12.4 Å². The summed E-state index contributed by atoms with van der Waals surface area (Å²) in [6, 6.07) is 0. The molecule has 0 saturated heterocycles. The van der Waals surface area contributed by atoms with Crippen LogP contribution in [0.4, 0.5) is 0 Å². The van der Waals surface area contributed by atoms with Crippen LogP contribution in [0.5, 0.6) is 0 Å². The maximum atomic E-state index is 8.71. The second-order valence-corrected chi connectivity index (χ2v) is 3.45. The molecule has 0 heterocycles. The average Bonchev–Trinajstić information content (AvgIpc) is 2.08. The highest BCUT2D eigenvalue weighted by Gasteiger charge is 2.12. The molecule has 88 valence electrons. The summed E-state index contributed by atoms with van der Waals surface area (Å²) in [5.41, 5.74) is 0. The molecule has 4 nitrogen and oxygen atoms in total. The Bertz CT molecular complexity index is 112. The highest BCUT2D eigenvalue weighted by atomic mass is 35.5. The van der Waals surface area contributed by atoms with E-state index in [1.54, 1.807) is 7.11 Å². The van der Waals surface area contributed by atoms with E-state index < -0.39 is 0 Å². The van der Waals surface area contributed by atoms with Crippen molar-refractivity contribution < 1.29 is 31.5 Å². The second kappa shape index (κ2) is 12.8. The number of rotatable bonds is 6. The van der Waals surface area contributed by atoms with Crippen molar-refractivity contribution in [3.05, 3.63) is 0 Å². The summed E-state index contributed by atoms with van der Waals surface area (Å²) >= 11 is 0. The molecule has 0 aromatic carbocycles. The van der Waals surface area contributed by atoms with Gasteiger partial charge in [-0.25, -0.2) is 0 Å². The first-order chi connectivity index (χ1) is 6.12. The normalized spacial score (nSPS) is 9.71. The highest BCUT2D eigenvalue weighted by Crippen LogP contribution is 1.97. The summed E-state index contributed by atoms with van der Waals surface area (Å²) in [4.78, 5) is 8.00. The molecule has 0 aromatic heterocycles. The first-order valence-corrected chi connectivity index (χ1v) is 4.33. The predicted molar refractivity (Wildman–Crippen MR) is 52.5 cm³/mol. The minimum absolute atomic E-state index is 0. The lowest BCUT2D eigenvalue weighted by atomic mass is 10.3. The highest BCUT2D eigenvalue weighted by molar-refractivity contribution is 5.10. The van der Waals surface area contributed by atoms with Crippen LogP contribution in [0.25, 0.3) is 0 Å². The second-order valence-electron chi connectivity index (χ2n) is 3.45. The molecule has 1 N–H and O–H groups in total. The van der Waals surface area contributed by atoms with Gasteiger partial charge in [0.25, 0.3) is 0 Å². The number of hydrogen-bond donors (Lipinski definition) is 1. The molecular formula is C9H22ClNO3. The van der Waals surface area contributed by atoms with Crippen molar-refractivity contribution in [2.75, 3.05) is 47.5 Å². The predicted octanol–water partition coefficient (Wildman–Crippen LogP) is -3.09. The molecule has 5 heteroatoms. The number of methoxy groups -OCH3 is 1. The molecule has 0 radical (unpaired) electrons. The Balaban J connectivity index is -0.000000376. The summed E-state index contributed by atoms with van der Waals surface area (Å²) in [5, 5.41) is 8.71. The van der Waals surface area contributed by atoms with Gasteiger partial charge in [0.2, 0.25) is 0 Å². The quantitative estimate of drug-likeness (QED) is 0.387. The Morgan fingerprint density at radius 1 is 1.29 bits per heavy atom. The number of quaternary nitrogens is 1. The van der Waals surface area contributed by atoms with Gasteiger partial charge >= 0.3 is 0 Å². The fraction of sp³-hybridized carbons (Fsp3) is 0.889. The topological polar surface area (TPSA) is 46.5 Å².